The Morgan fingerprint density at radius 3 is 2.88 bits per heavy atom. The molecule has 0 amide bonds. The van der Waals surface area contributed by atoms with Crippen molar-refractivity contribution < 1.29 is 9.13 Å². The van der Waals surface area contributed by atoms with Gasteiger partial charge >= 0.3 is 0 Å². The number of nitrogen functional groups attached to an aromatic ring is 1. The number of halogens is 1. The van der Waals surface area contributed by atoms with Crippen molar-refractivity contribution in [3.05, 3.63) is 42.3 Å². The molecular weight excluding hydrogens is 221 g/mol. The third-order valence-corrected chi connectivity index (χ3v) is 2.26. The molecular formula is C12H12FN3O. The van der Waals surface area contributed by atoms with E-state index in [9.17, 15) is 4.39 Å². The molecule has 2 aromatic rings. The zero-order valence-electron chi connectivity index (χ0n) is 9.27. The lowest BCUT2D eigenvalue weighted by molar-refractivity contribution is 0.413. The van der Waals surface area contributed by atoms with Gasteiger partial charge in [0, 0.05) is 12.3 Å². The maximum Gasteiger partial charge on any atom is 0.153 e. The molecule has 0 atom stereocenters. The van der Waals surface area contributed by atoms with Gasteiger partial charge in [-0.1, -0.05) is 0 Å². The third-order valence-electron chi connectivity index (χ3n) is 2.26. The number of hydrogen-bond acceptors (Lipinski definition) is 4. The van der Waals surface area contributed by atoms with Crippen molar-refractivity contribution in [1.29, 1.82) is 0 Å². The lowest BCUT2D eigenvalue weighted by atomic mass is 10.2. The van der Waals surface area contributed by atoms with Crippen LogP contribution in [-0.2, 0) is 0 Å². The van der Waals surface area contributed by atoms with Gasteiger partial charge in [-0.25, -0.2) is 9.37 Å². The van der Waals surface area contributed by atoms with Crippen molar-refractivity contribution in [3.63, 3.8) is 0 Å². The van der Waals surface area contributed by atoms with Gasteiger partial charge in [0.25, 0.3) is 0 Å². The normalized spacial score (nSPS) is 10.0. The van der Waals surface area contributed by atoms with Crippen LogP contribution in [0.4, 0.5) is 21.6 Å². The minimum absolute atomic E-state index is 0.360. The number of benzene rings is 1. The SMILES string of the molecule is COc1cc(F)ccc1Nc1ncccc1N. The summed E-state index contributed by atoms with van der Waals surface area (Å²) < 4.78 is 18.1. The summed E-state index contributed by atoms with van der Waals surface area (Å²) in [5, 5.41) is 2.99. The number of ether oxygens (including phenoxy) is 1. The smallest absolute Gasteiger partial charge is 0.153 e. The molecule has 0 spiro atoms. The van der Waals surface area contributed by atoms with Crippen LogP contribution in [0.2, 0.25) is 0 Å². The topological polar surface area (TPSA) is 60.2 Å². The fourth-order valence-electron chi connectivity index (χ4n) is 1.42. The lowest BCUT2D eigenvalue weighted by Gasteiger charge is -2.11. The fraction of sp³-hybridized carbons (Fsp3) is 0.0833. The predicted molar refractivity (Wildman–Crippen MR) is 64.9 cm³/mol. The van der Waals surface area contributed by atoms with Gasteiger partial charge in [0.05, 0.1) is 18.5 Å². The van der Waals surface area contributed by atoms with E-state index in [0.717, 1.165) is 0 Å². The summed E-state index contributed by atoms with van der Waals surface area (Å²) in [5.74, 6) is 0.550. The maximum absolute atomic E-state index is 13.0. The highest BCUT2D eigenvalue weighted by molar-refractivity contribution is 5.71. The monoisotopic (exact) mass is 233 g/mol. The predicted octanol–water partition coefficient (Wildman–Crippen LogP) is 2.56. The van der Waals surface area contributed by atoms with E-state index in [2.05, 4.69) is 10.3 Å². The second kappa shape index (κ2) is 4.69. The van der Waals surface area contributed by atoms with Crippen LogP contribution in [0.1, 0.15) is 0 Å². The van der Waals surface area contributed by atoms with Crippen molar-refractivity contribution in [2.75, 3.05) is 18.2 Å². The summed E-state index contributed by atoms with van der Waals surface area (Å²) in [4.78, 5) is 4.09. The minimum atomic E-state index is -0.360. The Morgan fingerprint density at radius 2 is 2.18 bits per heavy atom. The van der Waals surface area contributed by atoms with E-state index in [1.54, 1.807) is 24.4 Å². The molecule has 0 bridgehead atoms. The summed E-state index contributed by atoms with van der Waals surface area (Å²) in [6, 6.07) is 7.67. The molecule has 0 aliphatic heterocycles. The summed E-state index contributed by atoms with van der Waals surface area (Å²) in [5.41, 5.74) is 6.87. The van der Waals surface area contributed by atoms with Gasteiger partial charge in [-0.2, -0.15) is 0 Å². The molecule has 0 unspecified atom stereocenters. The molecule has 3 N–H and O–H groups in total. The molecule has 0 saturated heterocycles. The second-order valence-electron chi connectivity index (χ2n) is 3.41. The van der Waals surface area contributed by atoms with Crippen molar-refractivity contribution in [1.82, 2.24) is 4.98 Å². The number of nitrogens with two attached hydrogens (primary N) is 1. The van der Waals surface area contributed by atoms with E-state index >= 15 is 0 Å². The second-order valence-corrected chi connectivity index (χ2v) is 3.41. The van der Waals surface area contributed by atoms with Gasteiger partial charge in [-0.15, -0.1) is 0 Å². The van der Waals surface area contributed by atoms with Gasteiger partial charge in [-0.05, 0) is 24.3 Å². The number of methoxy groups -OCH3 is 1. The summed E-state index contributed by atoms with van der Waals surface area (Å²) in [6.45, 7) is 0. The van der Waals surface area contributed by atoms with Gasteiger partial charge in [0.1, 0.15) is 11.6 Å². The van der Waals surface area contributed by atoms with Crippen molar-refractivity contribution in [2.24, 2.45) is 0 Å². The van der Waals surface area contributed by atoms with Gasteiger partial charge in [0.15, 0.2) is 5.82 Å². The molecule has 1 aromatic heterocycles. The first-order valence-electron chi connectivity index (χ1n) is 5.02. The Balaban J connectivity index is 2.33. The molecule has 0 saturated carbocycles. The zero-order valence-corrected chi connectivity index (χ0v) is 9.27. The highest BCUT2D eigenvalue weighted by atomic mass is 19.1. The van der Waals surface area contributed by atoms with Crippen LogP contribution in [-0.4, -0.2) is 12.1 Å². The van der Waals surface area contributed by atoms with Gasteiger partial charge < -0.3 is 15.8 Å². The molecule has 5 heteroatoms. The molecule has 0 fully saturated rings. The molecule has 0 aliphatic carbocycles. The number of pyridine rings is 1. The Hall–Kier alpha value is -2.30. The van der Waals surface area contributed by atoms with E-state index < -0.39 is 0 Å². The van der Waals surface area contributed by atoms with Crippen LogP contribution < -0.4 is 15.8 Å². The lowest BCUT2D eigenvalue weighted by Crippen LogP contribution is -2.00. The van der Waals surface area contributed by atoms with Gasteiger partial charge in [-0.3, -0.25) is 0 Å². The number of rotatable bonds is 3. The van der Waals surface area contributed by atoms with E-state index in [1.807, 2.05) is 0 Å². The molecule has 4 nitrogen and oxygen atoms in total. The van der Waals surface area contributed by atoms with E-state index in [1.165, 1.54) is 19.2 Å². The molecule has 0 aliphatic rings. The average molecular weight is 233 g/mol. The number of hydrogen-bond donors (Lipinski definition) is 2. The summed E-state index contributed by atoms with van der Waals surface area (Å²) >= 11 is 0. The average Bonchev–Trinajstić information content (AvgIpc) is 2.34. The first-order chi connectivity index (χ1) is 8.20. The summed E-state index contributed by atoms with van der Waals surface area (Å²) in [7, 11) is 1.47. The van der Waals surface area contributed by atoms with Crippen LogP contribution in [0.3, 0.4) is 0 Å². The van der Waals surface area contributed by atoms with Crippen molar-refractivity contribution in [2.45, 2.75) is 0 Å². The summed E-state index contributed by atoms with van der Waals surface area (Å²) in [6.07, 6.45) is 1.62. The molecule has 1 aromatic carbocycles. The van der Waals surface area contributed by atoms with Crippen molar-refractivity contribution in [3.8, 4) is 5.75 Å². The largest absolute Gasteiger partial charge is 0.494 e. The Kier molecular flexibility index (Phi) is 3.09. The van der Waals surface area contributed by atoms with E-state index in [-0.39, 0.29) is 5.82 Å². The molecule has 2 rings (SSSR count). The fourth-order valence-corrected chi connectivity index (χ4v) is 1.42. The molecule has 1 heterocycles. The van der Waals surface area contributed by atoms with Crippen LogP contribution in [0, 0.1) is 5.82 Å². The first-order valence-corrected chi connectivity index (χ1v) is 5.02. The highest BCUT2D eigenvalue weighted by Crippen LogP contribution is 2.29. The maximum atomic E-state index is 13.0. The Bertz CT molecular complexity index is 531. The minimum Gasteiger partial charge on any atom is -0.494 e. The van der Waals surface area contributed by atoms with Crippen LogP contribution in [0.25, 0.3) is 0 Å². The zero-order chi connectivity index (χ0) is 12.3. The van der Waals surface area contributed by atoms with Crippen molar-refractivity contribution >= 4 is 17.2 Å². The molecule has 88 valence electrons. The number of nitrogens with zero attached hydrogens (tertiary/aromatic N) is 1. The van der Waals surface area contributed by atoms with Crippen LogP contribution in [0.15, 0.2) is 36.5 Å². The standard InChI is InChI=1S/C12H12FN3O/c1-17-11-7-8(13)4-5-10(11)16-12-9(14)3-2-6-15-12/h2-7H,14H2,1H3,(H,15,16). The third kappa shape index (κ3) is 2.44. The Morgan fingerprint density at radius 1 is 1.35 bits per heavy atom. The number of nitrogens with one attached hydrogen (secondary N) is 1. The quantitative estimate of drug-likeness (QED) is 0.855. The van der Waals surface area contributed by atoms with E-state index in [4.69, 9.17) is 10.5 Å². The van der Waals surface area contributed by atoms with Gasteiger partial charge in [0.2, 0.25) is 0 Å². The van der Waals surface area contributed by atoms with Crippen LogP contribution in [0.5, 0.6) is 5.75 Å². The highest BCUT2D eigenvalue weighted by Gasteiger charge is 2.06. The van der Waals surface area contributed by atoms with Crippen LogP contribution >= 0.6 is 0 Å². The number of anilines is 3. The van der Waals surface area contributed by atoms with E-state index in [0.29, 0.717) is 22.9 Å². The molecule has 0 radical (unpaired) electrons. The molecule has 17 heavy (non-hydrogen) atoms. The Labute approximate surface area is 98.2 Å². The first kappa shape index (κ1) is 11.2. The number of aromatic nitrogens is 1.